The van der Waals surface area contributed by atoms with Crippen LogP contribution in [0.5, 0.6) is 0 Å². The molecule has 0 saturated heterocycles. The molecule has 3 aromatic rings. The van der Waals surface area contributed by atoms with E-state index < -0.39 is 6.10 Å². The molecule has 1 heterocycles. The monoisotopic (exact) mass is 305 g/mol. The molecule has 0 aliphatic carbocycles. The summed E-state index contributed by atoms with van der Waals surface area (Å²) in [7, 11) is 0. The van der Waals surface area contributed by atoms with Gasteiger partial charge in [-0.1, -0.05) is 30.2 Å². The number of hydrogen-bond donors (Lipinski definition) is 1. The molecule has 1 aromatic heterocycles. The van der Waals surface area contributed by atoms with Crippen molar-refractivity contribution in [2.75, 3.05) is 0 Å². The molecular formula is C20H16FNO. The Balaban J connectivity index is 1.98. The van der Waals surface area contributed by atoms with Crippen LogP contribution in [0.2, 0.25) is 0 Å². The first kappa shape index (κ1) is 15.2. The maximum absolute atomic E-state index is 14.4. The number of nitrogens with zero attached hydrogens (tertiary/aromatic N) is 1. The third kappa shape index (κ3) is 3.23. The van der Waals surface area contributed by atoms with Crippen LogP contribution in [-0.4, -0.2) is 16.2 Å². The fraction of sp³-hybridized carbons (Fsp3) is 0.150. The second-order valence-electron chi connectivity index (χ2n) is 5.56. The number of halogens is 1. The van der Waals surface area contributed by atoms with E-state index in [9.17, 15) is 9.50 Å². The van der Waals surface area contributed by atoms with E-state index >= 15 is 0 Å². The Morgan fingerprint density at radius 2 is 2.00 bits per heavy atom. The SMILES string of the molecule is C#CC(O)Cc1ccc(-c2ccc3nc(C)ccc3c2)c(F)c1. The summed E-state index contributed by atoms with van der Waals surface area (Å²) < 4.78 is 14.4. The largest absolute Gasteiger partial charge is 0.380 e. The standard InChI is InChI=1S/C20H16FNO/c1-3-17(23)10-14-5-8-18(19(21)11-14)15-7-9-20-16(12-15)6-4-13(2)22-20/h1,4-9,11-12,17,23H,10H2,2H3. The highest BCUT2D eigenvalue weighted by Gasteiger charge is 2.09. The van der Waals surface area contributed by atoms with Crippen LogP contribution in [0.1, 0.15) is 11.3 Å². The molecular weight excluding hydrogens is 289 g/mol. The molecule has 0 aliphatic rings. The van der Waals surface area contributed by atoms with Gasteiger partial charge in [-0.05, 0) is 42.3 Å². The molecule has 0 saturated carbocycles. The Kier molecular flexibility index (Phi) is 4.10. The quantitative estimate of drug-likeness (QED) is 0.745. The molecule has 1 atom stereocenters. The predicted molar refractivity (Wildman–Crippen MR) is 90.4 cm³/mol. The summed E-state index contributed by atoms with van der Waals surface area (Å²) in [6, 6.07) is 14.5. The topological polar surface area (TPSA) is 33.1 Å². The number of benzene rings is 2. The number of aliphatic hydroxyl groups excluding tert-OH is 1. The molecule has 0 aliphatic heterocycles. The second-order valence-corrected chi connectivity index (χ2v) is 5.56. The first-order chi connectivity index (χ1) is 11.1. The number of hydrogen-bond acceptors (Lipinski definition) is 2. The lowest BCUT2D eigenvalue weighted by atomic mass is 9.99. The number of pyridine rings is 1. The summed E-state index contributed by atoms with van der Waals surface area (Å²) in [5, 5.41) is 10.4. The molecule has 0 fully saturated rings. The Hall–Kier alpha value is -2.70. The van der Waals surface area contributed by atoms with E-state index in [2.05, 4.69) is 10.9 Å². The molecule has 0 radical (unpaired) electrons. The van der Waals surface area contributed by atoms with Crippen molar-refractivity contribution in [1.82, 2.24) is 4.98 Å². The summed E-state index contributed by atoms with van der Waals surface area (Å²) in [6.45, 7) is 1.94. The van der Waals surface area contributed by atoms with Crippen molar-refractivity contribution in [1.29, 1.82) is 0 Å². The number of aryl methyl sites for hydroxylation is 1. The van der Waals surface area contributed by atoms with Crippen LogP contribution in [0.4, 0.5) is 4.39 Å². The molecule has 23 heavy (non-hydrogen) atoms. The van der Waals surface area contributed by atoms with Crippen molar-refractivity contribution in [2.24, 2.45) is 0 Å². The van der Waals surface area contributed by atoms with E-state index in [0.29, 0.717) is 11.1 Å². The molecule has 0 amide bonds. The van der Waals surface area contributed by atoms with Gasteiger partial charge in [0.25, 0.3) is 0 Å². The molecule has 1 unspecified atom stereocenters. The predicted octanol–water partition coefficient (Wildman–Crippen LogP) is 3.89. The minimum absolute atomic E-state index is 0.245. The highest BCUT2D eigenvalue weighted by atomic mass is 19.1. The number of fused-ring (bicyclic) bond motifs is 1. The van der Waals surface area contributed by atoms with Gasteiger partial charge in [0.15, 0.2) is 0 Å². The van der Waals surface area contributed by atoms with Crippen LogP contribution < -0.4 is 0 Å². The van der Waals surface area contributed by atoms with Crippen LogP contribution in [-0.2, 0) is 6.42 Å². The van der Waals surface area contributed by atoms with E-state index in [1.54, 1.807) is 12.1 Å². The lowest BCUT2D eigenvalue weighted by Gasteiger charge is -2.09. The fourth-order valence-corrected chi connectivity index (χ4v) is 2.60. The van der Waals surface area contributed by atoms with Gasteiger partial charge in [0.2, 0.25) is 0 Å². The van der Waals surface area contributed by atoms with Gasteiger partial charge in [0, 0.05) is 23.1 Å². The lowest BCUT2D eigenvalue weighted by Crippen LogP contribution is -2.07. The molecule has 2 nitrogen and oxygen atoms in total. The van der Waals surface area contributed by atoms with E-state index in [-0.39, 0.29) is 12.2 Å². The minimum Gasteiger partial charge on any atom is -0.380 e. The van der Waals surface area contributed by atoms with Crippen molar-refractivity contribution < 1.29 is 9.50 Å². The zero-order valence-electron chi connectivity index (χ0n) is 12.8. The van der Waals surface area contributed by atoms with Gasteiger partial charge in [-0.2, -0.15) is 0 Å². The molecule has 1 N–H and O–H groups in total. The molecule has 0 bridgehead atoms. The lowest BCUT2D eigenvalue weighted by molar-refractivity contribution is 0.233. The molecule has 3 rings (SSSR count). The average molecular weight is 305 g/mol. The zero-order valence-corrected chi connectivity index (χ0v) is 12.8. The number of rotatable bonds is 3. The fourth-order valence-electron chi connectivity index (χ4n) is 2.60. The Morgan fingerprint density at radius 1 is 1.17 bits per heavy atom. The third-order valence-electron chi connectivity index (χ3n) is 3.79. The third-order valence-corrected chi connectivity index (χ3v) is 3.79. The summed E-state index contributed by atoms with van der Waals surface area (Å²) >= 11 is 0. The van der Waals surface area contributed by atoms with Gasteiger partial charge >= 0.3 is 0 Å². The molecule has 0 spiro atoms. The van der Waals surface area contributed by atoms with Gasteiger partial charge in [-0.15, -0.1) is 6.42 Å². The number of aromatic nitrogens is 1. The van der Waals surface area contributed by atoms with Crippen molar-refractivity contribution in [3.63, 3.8) is 0 Å². The van der Waals surface area contributed by atoms with Crippen molar-refractivity contribution in [3.05, 3.63) is 65.6 Å². The van der Waals surface area contributed by atoms with E-state index in [4.69, 9.17) is 6.42 Å². The van der Waals surface area contributed by atoms with Crippen LogP contribution in [0, 0.1) is 25.1 Å². The highest BCUT2D eigenvalue weighted by molar-refractivity contribution is 5.84. The van der Waals surface area contributed by atoms with Gasteiger partial charge in [0.05, 0.1) is 5.52 Å². The smallest absolute Gasteiger partial charge is 0.131 e. The average Bonchev–Trinajstić information content (AvgIpc) is 2.54. The van der Waals surface area contributed by atoms with Crippen molar-refractivity contribution in [2.45, 2.75) is 19.4 Å². The highest BCUT2D eigenvalue weighted by Crippen LogP contribution is 2.27. The van der Waals surface area contributed by atoms with E-state index in [1.165, 1.54) is 6.07 Å². The van der Waals surface area contributed by atoms with Crippen molar-refractivity contribution >= 4 is 10.9 Å². The normalized spacial score (nSPS) is 12.1. The molecule has 2 aromatic carbocycles. The van der Waals surface area contributed by atoms with E-state index in [0.717, 1.165) is 22.2 Å². The Labute approximate surface area is 134 Å². The van der Waals surface area contributed by atoms with Gasteiger partial charge in [0.1, 0.15) is 11.9 Å². The summed E-state index contributed by atoms with van der Waals surface area (Å²) in [5.41, 5.74) is 3.83. The van der Waals surface area contributed by atoms with Gasteiger partial charge < -0.3 is 5.11 Å². The first-order valence-electron chi connectivity index (χ1n) is 7.37. The maximum atomic E-state index is 14.4. The van der Waals surface area contributed by atoms with Gasteiger partial charge in [-0.25, -0.2) is 4.39 Å². The summed E-state index contributed by atoms with van der Waals surface area (Å²) in [4.78, 5) is 4.45. The minimum atomic E-state index is -0.893. The Bertz CT molecular complexity index is 911. The zero-order chi connectivity index (χ0) is 16.4. The summed E-state index contributed by atoms with van der Waals surface area (Å²) in [6.07, 6.45) is 4.49. The molecule has 3 heteroatoms. The van der Waals surface area contributed by atoms with Crippen LogP contribution in [0.15, 0.2) is 48.5 Å². The van der Waals surface area contributed by atoms with E-state index in [1.807, 2.05) is 37.3 Å². The number of terminal acetylenes is 1. The second kappa shape index (κ2) is 6.20. The van der Waals surface area contributed by atoms with Crippen LogP contribution >= 0.6 is 0 Å². The van der Waals surface area contributed by atoms with Crippen LogP contribution in [0.25, 0.3) is 22.0 Å². The number of aliphatic hydroxyl groups is 1. The summed E-state index contributed by atoms with van der Waals surface area (Å²) in [5.74, 6) is 1.90. The Morgan fingerprint density at radius 3 is 2.74 bits per heavy atom. The maximum Gasteiger partial charge on any atom is 0.131 e. The molecule has 114 valence electrons. The van der Waals surface area contributed by atoms with Gasteiger partial charge in [-0.3, -0.25) is 4.98 Å². The van der Waals surface area contributed by atoms with Crippen molar-refractivity contribution in [3.8, 4) is 23.5 Å². The first-order valence-corrected chi connectivity index (χ1v) is 7.37. The van der Waals surface area contributed by atoms with Crippen LogP contribution in [0.3, 0.4) is 0 Å².